The van der Waals surface area contributed by atoms with E-state index in [0.717, 1.165) is 45.3 Å². The molecule has 96 valence electrons. The fourth-order valence-electron chi connectivity index (χ4n) is 2.10. The maximum Gasteiger partial charge on any atom is 0.0619 e. The minimum Gasteiger partial charge on any atom is -0.381 e. The first-order valence-electron chi connectivity index (χ1n) is 6.75. The summed E-state index contributed by atoms with van der Waals surface area (Å²) in [6.07, 6.45) is 4.71. The predicted octanol–water partition coefficient (Wildman–Crippen LogP) is 2.21. The second-order valence-electron chi connectivity index (χ2n) is 4.69. The molecule has 0 spiro atoms. The number of ether oxygens (including phenoxy) is 2. The summed E-state index contributed by atoms with van der Waals surface area (Å²) in [7, 11) is 0. The Morgan fingerprint density at radius 2 is 2.25 bits per heavy atom. The van der Waals surface area contributed by atoms with Crippen LogP contribution >= 0.6 is 0 Å². The van der Waals surface area contributed by atoms with Crippen LogP contribution in [0.3, 0.4) is 0 Å². The lowest BCUT2D eigenvalue weighted by molar-refractivity contribution is 0.102. The third kappa shape index (κ3) is 5.83. The molecule has 3 heteroatoms. The van der Waals surface area contributed by atoms with E-state index in [1.165, 1.54) is 19.3 Å². The van der Waals surface area contributed by atoms with Crippen molar-refractivity contribution in [1.82, 2.24) is 5.32 Å². The summed E-state index contributed by atoms with van der Waals surface area (Å²) in [6.45, 7) is 9.07. The summed E-state index contributed by atoms with van der Waals surface area (Å²) in [5.41, 5.74) is 0. The Bertz CT molecular complexity index is 158. The van der Waals surface area contributed by atoms with Gasteiger partial charge in [0.25, 0.3) is 0 Å². The molecule has 1 fully saturated rings. The van der Waals surface area contributed by atoms with Crippen LogP contribution in [-0.2, 0) is 9.47 Å². The molecule has 0 aromatic rings. The Hall–Kier alpha value is -0.120. The van der Waals surface area contributed by atoms with Crippen molar-refractivity contribution in [2.45, 2.75) is 45.6 Å². The van der Waals surface area contributed by atoms with Gasteiger partial charge >= 0.3 is 0 Å². The fourth-order valence-corrected chi connectivity index (χ4v) is 2.10. The van der Waals surface area contributed by atoms with Crippen molar-refractivity contribution in [2.24, 2.45) is 5.92 Å². The molecule has 2 unspecified atom stereocenters. The van der Waals surface area contributed by atoms with E-state index in [2.05, 4.69) is 19.2 Å². The molecular weight excluding hydrogens is 202 g/mol. The maximum absolute atomic E-state index is 5.65. The monoisotopic (exact) mass is 229 g/mol. The highest BCUT2D eigenvalue weighted by Crippen LogP contribution is 2.18. The van der Waals surface area contributed by atoms with E-state index >= 15 is 0 Å². The molecule has 0 bridgehead atoms. The first kappa shape index (κ1) is 13.9. The molecule has 1 N–H and O–H groups in total. The van der Waals surface area contributed by atoms with Gasteiger partial charge in [0.2, 0.25) is 0 Å². The van der Waals surface area contributed by atoms with E-state index in [1.54, 1.807) is 0 Å². The molecule has 16 heavy (non-hydrogen) atoms. The van der Waals surface area contributed by atoms with E-state index in [1.807, 2.05) is 0 Å². The van der Waals surface area contributed by atoms with Crippen LogP contribution < -0.4 is 5.32 Å². The second kappa shape index (κ2) is 8.97. The van der Waals surface area contributed by atoms with Gasteiger partial charge in [-0.3, -0.25) is 0 Å². The first-order chi connectivity index (χ1) is 7.86. The summed E-state index contributed by atoms with van der Waals surface area (Å²) >= 11 is 0. The number of hydrogen-bond acceptors (Lipinski definition) is 3. The van der Waals surface area contributed by atoms with Crippen molar-refractivity contribution in [3.8, 4) is 0 Å². The summed E-state index contributed by atoms with van der Waals surface area (Å²) in [4.78, 5) is 0. The average Bonchev–Trinajstić information content (AvgIpc) is 2.78. The zero-order valence-corrected chi connectivity index (χ0v) is 10.8. The standard InChI is InChI=1S/C13H27NO2/c1-3-6-14-13(11-15-7-4-2)9-12-5-8-16-10-12/h12-14H,3-11H2,1-2H3. The number of hydrogen-bond donors (Lipinski definition) is 1. The zero-order chi connectivity index (χ0) is 11.6. The van der Waals surface area contributed by atoms with Gasteiger partial charge < -0.3 is 14.8 Å². The summed E-state index contributed by atoms with van der Waals surface area (Å²) in [5, 5.41) is 3.57. The molecule has 1 aliphatic rings. The summed E-state index contributed by atoms with van der Waals surface area (Å²) in [5.74, 6) is 0.736. The molecule has 0 aromatic heterocycles. The van der Waals surface area contributed by atoms with Gasteiger partial charge in [-0.1, -0.05) is 13.8 Å². The molecule has 0 aliphatic carbocycles. The van der Waals surface area contributed by atoms with Crippen LogP contribution in [0.1, 0.15) is 39.5 Å². The molecule has 1 aliphatic heterocycles. The topological polar surface area (TPSA) is 30.5 Å². The molecule has 1 saturated heterocycles. The van der Waals surface area contributed by atoms with Crippen LogP contribution in [0.25, 0.3) is 0 Å². The minimum absolute atomic E-state index is 0.512. The Morgan fingerprint density at radius 1 is 1.38 bits per heavy atom. The van der Waals surface area contributed by atoms with Crippen molar-refractivity contribution >= 4 is 0 Å². The normalized spacial score (nSPS) is 22.5. The van der Waals surface area contributed by atoms with Crippen LogP contribution in [0.5, 0.6) is 0 Å². The van der Waals surface area contributed by atoms with E-state index < -0.39 is 0 Å². The van der Waals surface area contributed by atoms with Crippen LogP contribution in [-0.4, -0.2) is 39.0 Å². The van der Waals surface area contributed by atoms with Gasteiger partial charge in [0.1, 0.15) is 0 Å². The lowest BCUT2D eigenvalue weighted by Crippen LogP contribution is -2.36. The van der Waals surface area contributed by atoms with Gasteiger partial charge in [0, 0.05) is 25.9 Å². The molecule has 2 atom stereocenters. The SMILES string of the molecule is CCCNC(COCCC)CC1CCOC1. The Balaban J connectivity index is 2.18. The van der Waals surface area contributed by atoms with Gasteiger partial charge in [0.15, 0.2) is 0 Å². The largest absolute Gasteiger partial charge is 0.381 e. The third-order valence-corrected chi connectivity index (χ3v) is 2.99. The molecule has 3 nitrogen and oxygen atoms in total. The fraction of sp³-hybridized carbons (Fsp3) is 1.00. The van der Waals surface area contributed by atoms with Crippen molar-refractivity contribution < 1.29 is 9.47 Å². The predicted molar refractivity (Wildman–Crippen MR) is 66.7 cm³/mol. The van der Waals surface area contributed by atoms with Crippen LogP contribution in [0.15, 0.2) is 0 Å². The highest BCUT2D eigenvalue weighted by atomic mass is 16.5. The molecular formula is C13H27NO2. The Kier molecular flexibility index (Phi) is 7.81. The van der Waals surface area contributed by atoms with E-state index in [0.29, 0.717) is 6.04 Å². The Morgan fingerprint density at radius 3 is 2.88 bits per heavy atom. The number of rotatable bonds is 9. The highest BCUT2D eigenvalue weighted by Gasteiger charge is 2.20. The van der Waals surface area contributed by atoms with Crippen LogP contribution in [0.4, 0.5) is 0 Å². The van der Waals surface area contributed by atoms with Crippen molar-refractivity contribution in [3.05, 3.63) is 0 Å². The number of nitrogens with one attached hydrogen (secondary N) is 1. The van der Waals surface area contributed by atoms with Crippen molar-refractivity contribution in [1.29, 1.82) is 0 Å². The smallest absolute Gasteiger partial charge is 0.0619 e. The molecule has 0 amide bonds. The highest BCUT2D eigenvalue weighted by molar-refractivity contribution is 4.74. The lowest BCUT2D eigenvalue weighted by atomic mass is 9.99. The molecule has 0 saturated carbocycles. The molecule has 1 heterocycles. The van der Waals surface area contributed by atoms with Crippen molar-refractivity contribution in [3.63, 3.8) is 0 Å². The van der Waals surface area contributed by atoms with Crippen LogP contribution in [0.2, 0.25) is 0 Å². The van der Waals surface area contributed by atoms with E-state index in [-0.39, 0.29) is 0 Å². The molecule has 0 aromatic carbocycles. The zero-order valence-electron chi connectivity index (χ0n) is 10.8. The Labute approximate surface area is 99.9 Å². The summed E-state index contributed by atoms with van der Waals surface area (Å²) in [6, 6.07) is 0.512. The van der Waals surface area contributed by atoms with E-state index in [9.17, 15) is 0 Å². The first-order valence-corrected chi connectivity index (χ1v) is 6.75. The quantitative estimate of drug-likeness (QED) is 0.615. The average molecular weight is 229 g/mol. The van der Waals surface area contributed by atoms with Crippen molar-refractivity contribution in [2.75, 3.05) is 33.0 Å². The molecule has 1 rings (SSSR count). The van der Waals surface area contributed by atoms with Gasteiger partial charge in [-0.05, 0) is 38.1 Å². The van der Waals surface area contributed by atoms with Gasteiger partial charge in [-0.15, -0.1) is 0 Å². The van der Waals surface area contributed by atoms with Gasteiger partial charge in [-0.2, -0.15) is 0 Å². The molecule has 0 radical (unpaired) electrons. The van der Waals surface area contributed by atoms with Gasteiger partial charge in [0.05, 0.1) is 6.61 Å². The van der Waals surface area contributed by atoms with Crippen LogP contribution in [0, 0.1) is 5.92 Å². The van der Waals surface area contributed by atoms with E-state index in [4.69, 9.17) is 9.47 Å². The third-order valence-electron chi connectivity index (χ3n) is 2.99. The second-order valence-corrected chi connectivity index (χ2v) is 4.69. The lowest BCUT2D eigenvalue weighted by Gasteiger charge is -2.21. The minimum atomic E-state index is 0.512. The summed E-state index contributed by atoms with van der Waals surface area (Å²) < 4.78 is 11.1. The maximum atomic E-state index is 5.65. The van der Waals surface area contributed by atoms with Gasteiger partial charge in [-0.25, -0.2) is 0 Å².